The lowest BCUT2D eigenvalue weighted by molar-refractivity contribution is -0.204. The summed E-state index contributed by atoms with van der Waals surface area (Å²) in [4.78, 5) is 10.9. The fourth-order valence-electron chi connectivity index (χ4n) is 2.14. The topological polar surface area (TPSA) is 74.2 Å². The average Bonchev–Trinajstić information content (AvgIpc) is 2.53. The zero-order chi connectivity index (χ0) is 15.3. The number of ether oxygens (including phenoxy) is 4. The summed E-state index contributed by atoms with van der Waals surface area (Å²) in [6.45, 7) is 1.63. The number of carbonyl (C=O) groups excluding carboxylic acids is 1. The van der Waals surface area contributed by atoms with Gasteiger partial charge in [-0.3, -0.25) is 4.79 Å². The van der Waals surface area contributed by atoms with E-state index in [0.29, 0.717) is 19.6 Å². The Balaban J connectivity index is 1.97. The van der Waals surface area contributed by atoms with Crippen LogP contribution in [0, 0.1) is 0 Å². The molecule has 2 atom stereocenters. The molecular formula is C15H28O6. The predicted molar refractivity (Wildman–Crippen MR) is 76.9 cm³/mol. The maximum absolute atomic E-state index is 10.9. The fourth-order valence-corrected chi connectivity index (χ4v) is 2.14. The van der Waals surface area contributed by atoms with Crippen molar-refractivity contribution in [3.8, 4) is 0 Å². The molecule has 0 aromatic heterocycles. The van der Waals surface area contributed by atoms with Crippen molar-refractivity contribution in [1.29, 1.82) is 0 Å². The van der Waals surface area contributed by atoms with Crippen molar-refractivity contribution < 1.29 is 28.8 Å². The summed E-state index contributed by atoms with van der Waals surface area (Å²) in [6, 6.07) is 0. The lowest BCUT2D eigenvalue weighted by atomic mass is 10.2. The van der Waals surface area contributed by atoms with Gasteiger partial charge in [-0.1, -0.05) is 6.42 Å². The van der Waals surface area contributed by atoms with Gasteiger partial charge < -0.3 is 24.1 Å². The molecule has 0 radical (unpaired) electrons. The summed E-state index contributed by atoms with van der Waals surface area (Å²) in [5.74, 6) is -0.169. The minimum Gasteiger partial charge on any atom is -0.469 e. The zero-order valence-corrected chi connectivity index (χ0v) is 12.9. The SMILES string of the molecule is COC(=O)CCCCCOC[C@H](CO)OC1CCCCO1. The quantitative estimate of drug-likeness (QED) is 0.462. The van der Waals surface area contributed by atoms with E-state index in [1.54, 1.807) is 0 Å². The summed E-state index contributed by atoms with van der Waals surface area (Å²) >= 11 is 0. The number of carbonyl (C=O) groups is 1. The van der Waals surface area contributed by atoms with Gasteiger partial charge in [-0.25, -0.2) is 0 Å². The number of hydrogen-bond acceptors (Lipinski definition) is 6. The Kier molecular flexibility index (Phi) is 10.4. The van der Waals surface area contributed by atoms with Crippen LogP contribution in [-0.4, -0.2) is 57.0 Å². The van der Waals surface area contributed by atoms with Crippen molar-refractivity contribution in [3.63, 3.8) is 0 Å². The molecule has 1 fully saturated rings. The van der Waals surface area contributed by atoms with E-state index in [2.05, 4.69) is 4.74 Å². The van der Waals surface area contributed by atoms with Crippen molar-refractivity contribution in [2.24, 2.45) is 0 Å². The van der Waals surface area contributed by atoms with Crippen LogP contribution < -0.4 is 0 Å². The highest BCUT2D eigenvalue weighted by molar-refractivity contribution is 5.68. The van der Waals surface area contributed by atoms with E-state index < -0.39 is 0 Å². The van der Waals surface area contributed by atoms with Gasteiger partial charge in [0.1, 0.15) is 6.10 Å². The Morgan fingerprint density at radius 3 is 2.86 bits per heavy atom. The lowest BCUT2D eigenvalue weighted by Gasteiger charge is -2.26. The molecule has 6 nitrogen and oxygen atoms in total. The molecule has 124 valence electrons. The molecule has 0 saturated carbocycles. The van der Waals surface area contributed by atoms with Gasteiger partial charge in [-0.15, -0.1) is 0 Å². The minimum atomic E-state index is -0.330. The molecule has 0 aromatic rings. The molecule has 1 N–H and O–H groups in total. The molecule has 1 unspecified atom stereocenters. The molecular weight excluding hydrogens is 276 g/mol. The normalized spacial score (nSPS) is 20.2. The van der Waals surface area contributed by atoms with Gasteiger partial charge in [0.25, 0.3) is 0 Å². The van der Waals surface area contributed by atoms with E-state index in [-0.39, 0.29) is 25.0 Å². The van der Waals surface area contributed by atoms with Crippen LogP contribution in [0.25, 0.3) is 0 Å². The Labute approximate surface area is 126 Å². The van der Waals surface area contributed by atoms with Crippen LogP contribution in [0.15, 0.2) is 0 Å². The van der Waals surface area contributed by atoms with E-state index in [4.69, 9.17) is 14.2 Å². The maximum atomic E-state index is 10.9. The third-order valence-corrected chi connectivity index (χ3v) is 3.39. The van der Waals surface area contributed by atoms with Gasteiger partial charge in [0, 0.05) is 19.6 Å². The van der Waals surface area contributed by atoms with Crippen molar-refractivity contribution in [2.75, 3.05) is 33.5 Å². The van der Waals surface area contributed by atoms with Gasteiger partial charge in [-0.05, 0) is 32.1 Å². The van der Waals surface area contributed by atoms with E-state index in [1.165, 1.54) is 7.11 Å². The lowest BCUT2D eigenvalue weighted by Crippen LogP contribution is -2.33. The van der Waals surface area contributed by atoms with E-state index in [0.717, 1.165) is 45.1 Å². The summed E-state index contributed by atoms with van der Waals surface area (Å²) in [7, 11) is 1.40. The Bertz CT molecular complexity index is 265. The number of aliphatic hydroxyl groups excluding tert-OH is 1. The van der Waals surface area contributed by atoms with Crippen LogP contribution in [0.1, 0.15) is 44.9 Å². The van der Waals surface area contributed by atoms with Crippen LogP contribution in [0.2, 0.25) is 0 Å². The fraction of sp³-hybridized carbons (Fsp3) is 0.933. The molecule has 0 spiro atoms. The average molecular weight is 304 g/mol. The van der Waals surface area contributed by atoms with Crippen LogP contribution in [0.4, 0.5) is 0 Å². The van der Waals surface area contributed by atoms with Crippen LogP contribution in [0.5, 0.6) is 0 Å². The van der Waals surface area contributed by atoms with Crippen molar-refractivity contribution in [1.82, 2.24) is 0 Å². The second-order valence-electron chi connectivity index (χ2n) is 5.20. The van der Waals surface area contributed by atoms with Crippen molar-refractivity contribution >= 4 is 5.97 Å². The number of aliphatic hydroxyl groups is 1. The third-order valence-electron chi connectivity index (χ3n) is 3.39. The molecule has 1 aliphatic heterocycles. The highest BCUT2D eigenvalue weighted by Crippen LogP contribution is 2.15. The molecule has 1 rings (SSSR count). The first-order valence-electron chi connectivity index (χ1n) is 7.78. The minimum absolute atomic E-state index is 0.0673. The molecule has 1 saturated heterocycles. The molecule has 1 aliphatic rings. The Morgan fingerprint density at radius 2 is 2.19 bits per heavy atom. The molecule has 0 aliphatic carbocycles. The second kappa shape index (κ2) is 11.9. The monoisotopic (exact) mass is 304 g/mol. The van der Waals surface area contributed by atoms with Crippen LogP contribution in [-0.2, 0) is 23.7 Å². The van der Waals surface area contributed by atoms with E-state index >= 15 is 0 Å². The van der Waals surface area contributed by atoms with Crippen molar-refractivity contribution in [3.05, 3.63) is 0 Å². The first-order chi connectivity index (χ1) is 10.3. The van der Waals surface area contributed by atoms with Crippen LogP contribution >= 0.6 is 0 Å². The van der Waals surface area contributed by atoms with E-state index in [1.807, 2.05) is 0 Å². The van der Waals surface area contributed by atoms with Gasteiger partial charge in [0.2, 0.25) is 0 Å². The number of hydrogen-bond donors (Lipinski definition) is 1. The van der Waals surface area contributed by atoms with Crippen LogP contribution in [0.3, 0.4) is 0 Å². The number of methoxy groups -OCH3 is 1. The molecule has 0 aromatic carbocycles. The van der Waals surface area contributed by atoms with Gasteiger partial charge in [-0.2, -0.15) is 0 Å². The maximum Gasteiger partial charge on any atom is 0.305 e. The summed E-state index contributed by atoms with van der Waals surface area (Å²) in [5, 5.41) is 9.27. The first-order valence-corrected chi connectivity index (χ1v) is 7.78. The highest BCUT2D eigenvalue weighted by atomic mass is 16.7. The van der Waals surface area contributed by atoms with Gasteiger partial charge in [0.05, 0.1) is 20.3 Å². The highest BCUT2D eigenvalue weighted by Gasteiger charge is 2.19. The van der Waals surface area contributed by atoms with Gasteiger partial charge in [0.15, 0.2) is 6.29 Å². The number of unbranched alkanes of at least 4 members (excludes halogenated alkanes) is 2. The third kappa shape index (κ3) is 9.03. The Hall–Kier alpha value is -0.690. The summed E-state index contributed by atoms with van der Waals surface area (Å²) in [6.07, 6.45) is 5.59. The summed E-state index contributed by atoms with van der Waals surface area (Å²) < 4.78 is 21.2. The molecule has 6 heteroatoms. The van der Waals surface area contributed by atoms with Gasteiger partial charge >= 0.3 is 5.97 Å². The molecule has 0 bridgehead atoms. The largest absolute Gasteiger partial charge is 0.469 e. The molecule has 21 heavy (non-hydrogen) atoms. The zero-order valence-electron chi connectivity index (χ0n) is 12.9. The smallest absolute Gasteiger partial charge is 0.305 e. The molecule has 1 heterocycles. The predicted octanol–water partition coefficient (Wildman–Crippen LogP) is 1.64. The summed E-state index contributed by atoms with van der Waals surface area (Å²) in [5.41, 5.74) is 0. The number of esters is 1. The van der Waals surface area contributed by atoms with Crippen molar-refractivity contribution in [2.45, 2.75) is 57.3 Å². The standard InChI is InChI=1S/C15H28O6/c1-18-14(17)7-3-2-5-9-19-12-13(11-16)21-15-8-4-6-10-20-15/h13,15-16H,2-12H2,1H3/t13-,15?/m0/s1. The van der Waals surface area contributed by atoms with E-state index in [9.17, 15) is 9.90 Å². The first kappa shape index (κ1) is 18.4. The second-order valence-corrected chi connectivity index (χ2v) is 5.20. The molecule has 0 amide bonds. The Morgan fingerprint density at radius 1 is 1.33 bits per heavy atom. The number of rotatable bonds is 11.